The maximum atomic E-state index is 13.6. The topological polar surface area (TPSA) is 181 Å². The number of nitrogens with zero attached hydrogens (tertiary/aromatic N) is 2. The number of hydrogen-bond acceptors (Lipinski definition) is 11. The molecule has 8 atom stereocenters. The Balaban J connectivity index is 0.838. The molecule has 4 heterocycles. The van der Waals surface area contributed by atoms with Crippen LogP contribution in [0.4, 0.5) is 10.5 Å². The quantitative estimate of drug-likeness (QED) is 0.156. The third-order valence-electron chi connectivity index (χ3n) is 12.5. The van der Waals surface area contributed by atoms with Crippen molar-refractivity contribution in [2.24, 2.45) is 29.6 Å². The first-order valence-electron chi connectivity index (χ1n) is 20.4. The molecule has 0 aromatic heterocycles. The number of esters is 1. The average molecular weight is 775 g/mol. The van der Waals surface area contributed by atoms with E-state index in [1.807, 2.05) is 4.90 Å². The number of hydrogen-bond donors (Lipinski definition) is 3. The molecule has 14 nitrogen and oxygen atoms in total. The van der Waals surface area contributed by atoms with Gasteiger partial charge in [0, 0.05) is 50.7 Å². The van der Waals surface area contributed by atoms with Crippen LogP contribution in [0, 0.1) is 29.6 Å². The molecule has 1 aromatic rings. The van der Waals surface area contributed by atoms with E-state index in [0.29, 0.717) is 57.3 Å². The van der Waals surface area contributed by atoms with Crippen molar-refractivity contribution < 1.29 is 48.1 Å². The van der Waals surface area contributed by atoms with Crippen molar-refractivity contribution >= 4 is 41.4 Å². The van der Waals surface area contributed by atoms with Crippen molar-refractivity contribution in [1.82, 2.24) is 15.1 Å². The van der Waals surface area contributed by atoms with Gasteiger partial charge in [0.1, 0.15) is 18.2 Å². The number of piperidine rings is 2. The van der Waals surface area contributed by atoms with Gasteiger partial charge < -0.3 is 29.5 Å². The van der Waals surface area contributed by atoms with Crippen molar-refractivity contribution in [1.29, 1.82) is 0 Å². The molecule has 0 bridgehead atoms. The summed E-state index contributed by atoms with van der Waals surface area (Å²) >= 11 is 0. The van der Waals surface area contributed by atoms with Gasteiger partial charge in [-0.15, -0.1) is 0 Å². The number of aliphatic hydroxyl groups excluding tert-OH is 1. The van der Waals surface area contributed by atoms with Crippen molar-refractivity contribution in [3.8, 4) is 0 Å². The number of anilines is 1. The molecule has 5 amide bonds. The average Bonchev–Trinajstić information content (AvgIpc) is 3.41. The molecule has 1 unspecified atom stereocenters. The van der Waals surface area contributed by atoms with E-state index in [2.05, 4.69) is 42.7 Å². The van der Waals surface area contributed by atoms with Crippen LogP contribution >= 0.6 is 0 Å². The normalized spacial score (nSPS) is 30.7. The molecule has 3 fully saturated rings. The van der Waals surface area contributed by atoms with E-state index in [1.54, 1.807) is 18.2 Å². The number of fused-ring (bicyclic) bond motifs is 2. The molecule has 3 N–H and O–H groups in total. The lowest BCUT2D eigenvalue weighted by atomic mass is 9.65. The van der Waals surface area contributed by atoms with E-state index < -0.39 is 35.8 Å². The maximum absolute atomic E-state index is 13.6. The van der Waals surface area contributed by atoms with E-state index in [4.69, 9.17) is 14.2 Å². The molecule has 56 heavy (non-hydrogen) atoms. The molecular formula is C42H54N4O10. The first-order valence-corrected chi connectivity index (χ1v) is 20.4. The first kappa shape index (κ1) is 39.7. The van der Waals surface area contributed by atoms with Gasteiger partial charge in [0.2, 0.25) is 11.8 Å². The summed E-state index contributed by atoms with van der Waals surface area (Å²) in [7, 11) is 0. The Morgan fingerprint density at radius 2 is 1.80 bits per heavy atom. The van der Waals surface area contributed by atoms with Crippen LogP contribution in [0.5, 0.6) is 0 Å². The van der Waals surface area contributed by atoms with E-state index in [-0.39, 0.29) is 78.3 Å². The van der Waals surface area contributed by atoms with Crippen LogP contribution < -0.4 is 10.6 Å². The number of benzene rings is 1. The highest BCUT2D eigenvalue weighted by Gasteiger charge is 2.46. The number of nitrogens with one attached hydrogen (secondary N) is 2. The van der Waals surface area contributed by atoms with Gasteiger partial charge in [-0.2, -0.15) is 0 Å². The summed E-state index contributed by atoms with van der Waals surface area (Å²) in [5.41, 5.74) is 2.15. The standard InChI is InChI=1S/C42H54N4O10/c1-24-20-27-7-6-25(2)30(9-8-29-22-28(47)23-36(49)55-29)37(27)34(21-24)56-42(53)45-16-12-26(13-17-45)14-18-54-19-15-43-32-5-3-4-31-38(32)41(52)46(40(31)51)33-10-11-35(48)44-39(33)50/h3-7,20,24-26,28-30,33-34,37,43,47H,8-19,21-23H2,1-2H3,(H,44,48,50)/t24-,25-,28+,29+,30-,33?,34-,37-/m0/s1. The molecule has 2 aliphatic carbocycles. The number of ether oxygens (including phenoxy) is 3. The Morgan fingerprint density at radius 3 is 2.57 bits per heavy atom. The first-order chi connectivity index (χ1) is 27.0. The van der Waals surface area contributed by atoms with Crippen molar-refractivity contribution in [3.63, 3.8) is 0 Å². The number of allylic oxidation sites excluding steroid dienone is 3. The number of carbonyl (C=O) groups is 6. The van der Waals surface area contributed by atoms with Crippen LogP contribution in [0.3, 0.4) is 0 Å². The molecular weight excluding hydrogens is 720 g/mol. The van der Waals surface area contributed by atoms with E-state index in [1.165, 1.54) is 5.57 Å². The Labute approximate surface area is 327 Å². The van der Waals surface area contributed by atoms with Crippen LogP contribution in [0.15, 0.2) is 42.0 Å². The van der Waals surface area contributed by atoms with E-state index >= 15 is 0 Å². The second kappa shape index (κ2) is 17.3. The second-order valence-corrected chi connectivity index (χ2v) is 16.4. The Bertz CT molecular complexity index is 1770. The molecule has 6 aliphatic rings. The van der Waals surface area contributed by atoms with Gasteiger partial charge in [-0.3, -0.25) is 34.2 Å². The van der Waals surface area contributed by atoms with Crippen molar-refractivity contribution in [2.45, 2.75) is 102 Å². The van der Waals surface area contributed by atoms with Crippen molar-refractivity contribution in [2.75, 3.05) is 38.2 Å². The van der Waals surface area contributed by atoms with Crippen LogP contribution in [0.2, 0.25) is 0 Å². The highest BCUT2D eigenvalue weighted by molar-refractivity contribution is 6.25. The maximum Gasteiger partial charge on any atom is 0.410 e. The molecule has 14 heteroatoms. The molecule has 1 aromatic carbocycles. The number of rotatable bonds is 12. The highest BCUT2D eigenvalue weighted by Crippen LogP contribution is 2.45. The third kappa shape index (κ3) is 8.71. The summed E-state index contributed by atoms with van der Waals surface area (Å²) in [6, 6.07) is 3.95. The monoisotopic (exact) mass is 774 g/mol. The van der Waals surface area contributed by atoms with Crippen LogP contribution in [-0.4, -0.2) is 108 Å². The minimum absolute atomic E-state index is 0.0541. The number of carbonyl (C=O) groups excluding carboxylic acids is 6. The van der Waals surface area contributed by atoms with Gasteiger partial charge in [0.25, 0.3) is 11.8 Å². The number of imide groups is 2. The number of aliphatic hydroxyl groups is 1. The van der Waals surface area contributed by atoms with E-state index in [0.717, 1.165) is 37.0 Å². The van der Waals surface area contributed by atoms with Crippen LogP contribution in [0.1, 0.15) is 98.8 Å². The minimum atomic E-state index is -1.02. The Morgan fingerprint density at radius 1 is 1.00 bits per heavy atom. The highest BCUT2D eigenvalue weighted by atomic mass is 16.6. The lowest BCUT2D eigenvalue weighted by molar-refractivity contribution is -0.160. The molecule has 0 spiro atoms. The van der Waals surface area contributed by atoms with Crippen molar-refractivity contribution in [3.05, 3.63) is 53.1 Å². The van der Waals surface area contributed by atoms with Gasteiger partial charge in [-0.25, -0.2) is 4.79 Å². The molecule has 0 radical (unpaired) electrons. The molecule has 7 rings (SSSR count). The zero-order chi connectivity index (χ0) is 39.5. The van der Waals surface area contributed by atoms with Crippen LogP contribution in [0.25, 0.3) is 0 Å². The summed E-state index contributed by atoms with van der Waals surface area (Å²) in [6.45, 7) is 6.94. The fourth-order valence-corrected chi connectivity index (χ4v) is 9.52. The Hall–Kier alpha value is -4.56. The predicted octanol–water partition coefficient (Wildman–Crippen LogP) is 4.37. The van der Waals surface area contributed by atoms with Gasteiger partial charge in [-0.1, -0.05) is 38.1 Å². The lowest BCUT2D eigenvalue weighted by Crippen LogP contribution is -2.54. The smallest absolute Gasteiger partial charge is 0.410 e. The number of amides is 5. The predicted molar refractivity (Wildman–Crippen MR) is 203 cm³/mol. The van der Waals surface area contributed by atoms with Gasteiger partial charge in [0.15, 0.2) is 0 Å². The summed E-state index contributed by atoms with van der Waals surface area (Å²) in [4.78, 5) is 78.8. The second-order valence-electron chi connectivity index (χ2n) is 16.4. The zero-order valence-corrected chi connectivity index (χ0v) is 32.3. The SMILES string of the molecule is C[C@H]1C=C2C=C[C@H](C)[C@H](CC[C@@H]3C[C@@H](O)CC(=O)O3)[C@H]2[C@@H](OC(=O)N2CCC(CCOCCNc3cccc4c3C(=O)N(C3CCC(=O)NC3=O)C4=O)CC2)C1. The molecule has 4 aliphatic heterocycles. The number of likely N-dealkylation sites (tertiary alicyclic amines) is 1. The van der Waals surface area contributed by atoms with Gasteiger partial charge in [0.05, 0.1) is 30.3 Å². The summed E-state index contributed by atoms with van der Waals surface area (Å²) in [5.74, 6) is -1.23. The minimum Gasteiger partial charge on any atom is -0.462 e. The Kier molecular flexibility index (Phi) is 12.2. The summed E-state index contributed by atoms with van der Waals surface area (Å²) in [5, 5.41) is 15.5. The fraction of sp³-hybridized carbons (Fsp3) is 0.619. The largest absolute Gasteiger partial charge is 0.462 e. The molecule has 3 saturated heterocycles. The molecule has 0 saturated carbocycles. The van der Waals surface area contributed by atoms with E-state index in [9.17, 15) is 33.9 Å². The van der Waals surface area contributed by atoms with Gasteiger partial charge in [-0.05, 0) is 86.3 Å². The summed E-state index contributed by atoms with van der Waals surface area (Å²) < 4.78 is 17.8. The lowest BCUT2D eigenvalue weighted by Gasteiger charge is -2.44. The van der Waals surface area contributed by atoms with Gasteiger partial charge >= 0.3 is 12.1 Å². The number of cyclic esters (lactones) is 1. The van der Waals surface area contributed by atoms with Crippen LogP contribution in [-0.2, 0) is 28.6 Å². The fourth-order valence-electron chi connectivity index (χ4n) is 9.52. The third-order valence-corrected chi connectivity index (χ3v) is 12.5. The zero-order valence-electron chi connectivity index (χ0n) is 32.3. The molecule has 302 valence electrons. The summed E-state index contributed by atoms with van der Waals surface area (Å²) in [6.07, 6.45) is 10.8.